The third-order valence-electron chi connectivity index (χ3n) is 2.67. The Morgan fingerprint density at radius 1 is 1.45 bits per heavy atom. The smallest absolute Gasteiger partial charge is 0.257 e. The molecule has 0 heterocycles. The largest absolute Gasteiger partial charge is 0.484 e. The minimum Gasteiger partial charge on any atom is -0.484 e. The van der Waals surface area contributed by atoms with Gasteiger partial charge in [0.2, 0.25) is 0 Å². The van der Waals surface area contributed by atoms with E-state index < -0.39 is 0 Å². The average Bonchev–Trinajstić information content (AvgIpc) is 2.41. The van der Waals surface area contributed by atoms with E-state index in [9.17, 15) is 4.79 Å². The summed E-state index contributed by atoms with van der Waals surface area (Å²) >= 11 is 0. The molecule has 0 aliphatic rings. The lowest BCUT2D eigenvalue weighted by Crippen LogP contribution is -2.30. The van der Waals surface area contributed by atoms with E-state index in [0.29, 0.717) is 18.9 Å². The van der Waals surface area contributed by atoms with Gasteiger partial charge in [-0.25, -0.2) is 0 Å². The molecule has 0 radical (unpaired) electrons. The van der Waals surface area contributed by atoms with Gasteiger partial charge in [0.1, 0.15) is 5.75 Å². The number of carbonyl (C=O) groups excluding carboxylic acids is 1. The summed E-state index contributed by atoms with van der Waals surface area (Å²) in [4.78, 5) is 11.5. The van der Waals surface area contributed by atoms with Crippen LogP contribution in [0.15, 0.2) is 24.3 Å². The molecule has 5 nitrogen and oxygen atoms in total. The van der Waals surface area contributed by atoms with Crippen LogP contribution in [0, 0.1) is 0 Å². The lowest BCUT2D eigenvalue weighted by Gasteiger charge is -2.10. The number of carbonyl (C=O) groups is 1. The molecular weight excluding hydrogens is 256 g/mol. The van der Waals surface area contributed by atoms with Crippen LogP contribution in [0.4, 0.5) is 0 Å². The quantitative estimate of drug-likeness (QED) is 0.665. The molecule has 0 aliphatic carbocycles. The van der Waals surface area contributed by atoms with Crippen LogP contribution < -0.4 is 15.8 Å². The Balaban J connectivity index is 2.32. The number of methoxy groups -OCH3 is 1. The van der Waals surface area contributed by atoms with E-state index in [1.54, 1.807) is 7.11 Å². The summed E-state index contributed by atoms with van der Waals surface area (Å²) in [5.41, 5.74) is 6.87. The molecule has 20 heavy (non-hydrogen) atoms. The molecule has 0 bridgehead atoms. The summed E-state index contributed by atoms with van der Waals surface area (Å²) in [6.45, 7) is 3.22. The normalized spacial score (nSPS) is 11.9. The van der Waals surface area contributed by atoms with E-state index in [4.69, 9.17) is 15.2 Å². The third kappa shape index (κ3) is 7.11. The van der Waals surface area contributed by atoms with Crippen molar-refractivity contribution in [2.24, 2.45) is 5.73 Å². The minimum absolute atomic E-state index is 0.0224. The highest BCUT2D eigenvalue weighted by Gasteiger charge is 2.04. The molecule has 1 atom stereocenters. The number of ether oxygens (including phenoxy) is 2. The summed E-state index contributed by atoms with van der Waals surface area (Å²) in [6, 6.07) is 7.77. The monoisotopic (exact) mass is 280 g/mol. The summed E-state index contributed by atoms with van der Waals surface area (Å²) in [6.07, 6.45) is 1.59. The van der Waals surface area contributed by atoms with Crippen molar-refractivity contribution in [3.8, 4) is 5.75 Å². The molecule has 0 fully saturated rings. The fourth-order valence-corrected chi connectivity index (χ4v) is 1.78. The van der Waals surface area contributed by atoms with Crippen LogP contribution in [-0.4, -0.2) is 38.8 Å². The van der Waals surface area contributed by atoms with E-state index in [2.05, 4.69) is 5.32 Å². The Labute approximate surface area is 120 Å². The number of hydrogen-bond acceptors (Lipinski definition) is 4. The number of nitrogens with one attached hydrogen (secondary N) is 1. The Morgan fingerprint density at radius 3 is 2.95 bits per heavy atom. The van der Waals surface area contributed by atoms with Crippen molar-refractivity contribution in [1.82, 2.24) is 5.32 Å². The first-order valence-electron chi connectivity index (χ1n) is 6.84. The van der Waals surface area contributed by atoms with Crippen molar-refractivity contribution < 1.29 is 14.3 Å². The van der Waals surface area contributed by atoms with Gasteiger partial charge in [0.15, 0.2) is 6.61 Å². The second-order valence-electron chi connectivity index (χ2n) is 4.81. The van der Waals surface area contributed by atoms with E-state index in [1.165, 1.54) is 0 Å². The summed E-state index contributed by atoms with van der Waals surface area (Å²) < 4.78 is 10.4. The fourth-order valence-electron chi connectivity index (χ4n) is 1.78. The van der Waals surface area contributed by atoms with Crippen LogP contribution in [0.5, 0.6) is 5.75 Å². The lowest BCUT2D eigenvalue weighted by atomic mass is 10.1. The van der Waals surface area contributed by atoms with Crippen molar-refractivity contribution in [2.45, 2.75) is 25.8 Å². The molecule has 0 aromatic heterocycles. The van der Waals surface area contributed by atoms with Crippen LogP contribution in [0.3, 0.4) is 0 Å². The van der Waals surface area contributed by atoms with Gasteiger partial charge in [-0.05, 0) is 37.5 Å². The van der Waals surface area contributed by atoms with Crippen LogP contribution >= 0.6 is 0 Å². The zero-order chi connectivity index (χ0) is 14.8. The molecule has 0 saturated heterocycles. The van der Waals surface area contributed by atoms with Crippen molar-refractivity contribution in [3.63, 3.8) is 0 Å². The van der Waals surface area contributed by atoms with E-state index in [0.717, 1.165) is 18.4 Å². The number of amides is 1. The summed E-state index contributed by atoms with van der Waals surface area (Å²) in [5.74, 6) is 0.564. The second-order valence-corrected chi connectivity index (χ2v) is 4.81. The summed E-state index contributed by atoms with van der Waals surface area (Å²) in [7, 11) is 1.64. The molecular formula is C15H24N2O3. The van der Waals surface area contributed by atoms with Gasteiger partial charge < -0.3 is 20.5 Å². The van der Waals surface area contributed by atoms with Crippen LogP contribution in [0.2, 0.25) is 0 Å². The first-order valence-corrected chi connectivity index (χ1v) is 6.84. The molecule has 1 unspecified atom stereocenters. The SMILES string of the molecule is COCCCNC(=O)COc1cccc(CC(C)N)c1. The zero-order valence-electron chi connectivity index (χ0n) is 12.2. The van der Waals surface area contributed by atoms with Gasteiger partial charge >= 0.3 is 0 Å². The van der Waals surface area contributed by atoms with Gasteiger partial charge in [-0.15, -0.1) is 0 Å². The first kappa shape index (κ1) is 16.5. The predicted octanol–water partition coefficient (Wildman–Crippen LogP) is 1.11. The second kappa shape index (κ2) is 9.34. The topological polar surface area (TPSA) is 73.6 Å². The summed E-state index contributed by atoms with van der Waals surface area (Å²) in [5, 5.41) is 2.77. The predicted molar refractivity (Wildman–Crippen MR) is 78.8 cm³/mol. The zero-order valence-corrected chi connectivity index (χ0v) is 12.2. The first-order chi connectivity index (χ1) is 9.61. The maximum absolute atomic E-state index is 11.5. The highest BCUT2D eigenvalue weighted by molar-refractivity contribution is 5.77. The molecule has 5 heteroatoms. The van der Waals surface area contributed by atoms with Gasteiger partial charge in [-0.3, -0.25) is 4.79 Å². The maximum atomic E-state index is 11.5. The van der Waals surface area contributed by atoms with Gasteiger partial charge in [0, 0.05) is 26.3 Å². The highest BCUT2D eigenvalue weighted by Crippen LogP contribution is 2.14. The molecule has 1 aromatic carbocycles. The molecule has 1 amide bonds. The molecule has 0 spiro atoms. The maximum Gasteiger partial charge on any atom is 0.257 e. The van der Waals surface area contributed by atoms with E-state index in [-0.39, 0.29) is 18.6 Å². The standard InChI is InChI=1S/C15H24N2O3/c1-12(16)9-13-5-3-6-14(10-13)20-11-15(18)17-7-4-8-19-2/h3,5-6,10,12H,4,7-9,11,16H2,1-2H3,(H,17,18). The number of rotatable bonds is 9. The molecule has 1 rings (SSSR count). The Morgan fingerprint density at radius 2 is 2.25 bits per heavy atom. The number of hydrogen-bond donors (Lipinski definition) is 2. The number of benzene rings is 1. The van der Waals surface area contributed by atoms with Crippen molar-refractivity contribution in [2.75, 3.05) is 26.9 Å². The fraction of sp³-hybridized carbons (Fsp3) is 0.533. The van der Waals surface area contributed by atoms with Crippen LogP contribution in [-0.2, 0) is 16.0 Å². The molecule has 0 saturated carbocycles. The van der Waals surface area contributed by atoms with Crippen LogP contribution in [0.25, 0.3) is 0 Å². The Hall–Kier alpha value is -1.59. The number of nitrogens with two attached hydrogens (primary N) is 1. The van der Waals surface area contributed by atoms with Crippen LogP contribution in [0.1, 0.15) is 18.9 Å². The minimum atomic E-state index is -0.126. The van der Waals surface area contributed by atoms with Crippen molar-refractivity contribution in [1.29, 1.82) is 0 Å². The van der Waals surface area contributed by atoms with Gasteiger partial charge in [0.05, 0.1) is 0 Å². The van der Waals surface area contributed by atoms with Crippen molar-refractivity contribution >= 4 is 5.91 Å². The van der Waals surface area contributed by atoms with Crippen molar-refractivity contribution in [3.05, 3.63) is 29.8 Å². The average molecular weight is 280 g/mol. The third-order valence-corrected chi connectivity index (χ3v) is 2.67. The lowest BCUT2D eigenvalue weighted by molar-refractivity contribution is -0.123. The molecule has 0 aliphatic heterocycles. The van der Waals surface area contributed by atoms with E-state index in [1.807, 2.05) is 31.2 Å². The molecule has 112 valence electrons. The Bertz CT molecular complexity index is 408. The van der Waals surface area contributed by atoms with Gasteiger partial charge in [-0.1, -0.05) is 12.1 Å². The highest BCUT2D eigenvalue weighted by atomic mass is 16.5. The molecule has 3 N–H and O–H groups in total. The van der Waals surface area contributed by atoms with Gasteiger partial charge in [-0.2, -0.15) is 0 Å². The van der Waals surface area contributed by atoms with E-state index >= 15 is 0 Å². The van der Waals surface area contributed by atoms with Gasteiger partial charge in [0.25, 0.3) is 5.91 Å². The Kier molecular flexibility index (Phi) is 7.69. The molecule has 1 aromatic rings.